The zero-order chi connectivity index (χ0) is 30.2. The Labute approximate surface area is 252 Å². The lowest BCUT2D eigenvalue weighted by atomic mass is 10.1. The van der Waals surface area contributed by atoms with Crippen molar-refractivity contribution < 1.29 is 22.7 Å². The highest BCUT2D eigenvalue weighted by atomic mass is 35.5. The standard InChI is InChI=1S/C30H35Cl2N3O5S/c1-5-28(30(37)33-18-21(2)3)34(19-22-11-12-23(31)17-27(22)32)29(36)20-35(24-13-15-25(40-4)16-14-24)41(38,39)26-9-7-6-8-10-26/h6-17,21,28H,5,18-20H2,1-4H3,(H,33,37). The van der Waals surface area contributed by atoms with Crippen LogP contribution >= 0.6 is 23.2 Å². The summed E-state index contributed by atoms with van der Waals surface area (Å²) in [5.74, 6) is -0.170. The van der Waals surface area contributed by atoms with Crippen LogP contribution in [-0.2, 0) is 26.2 Å². The van der Waals surface area contributed by atoms with Crippen LogP contribution in [0, 0.1) is 5.92 Å². The minimum absolute atomic E-state index is 0.0235. The molecule has 11 heteroatoms. The SMILES string of the molecule is CCC(C(=O)NCC(C)C)N(Cc1ccc(Cl)cc1Cl)C(=O)CN(c1ccc(OC)cc1)S(=O)(=O)c1ccccc1. The molecule has 1 unspecified atom stereocenters. The molecule has 8 nitrogen and oxygen atoms in total. The number of hydrogen-bond acceptors (Lipinski definition) is 5. The molecule has 3 aromatic carbocycles. The van der Waals surface area contributed by atoms with Gasteiger partial charge in [0.1, 0.15) is 18.3 Å². The van der Waals surface area contributed by atoms with Crippen LogP contribution in [0.3, 0.4) is 0 Å². The number of carbonyl (C=O) groups is 2. The minimum atomic E-state index is -4.16. The first-order chi connectivity index (χ1) is 19.5. The lowest BCUT2D eigenvalue weighted by Crippen LogP contribution is -2.52. The highest BCUT2D eigenvalue weighted by Crippen LogP contribution is 2.28. The van der Waals surface area contributed by atoms with E-state index in [1.807, 2.05) is 13.8 Å². The normalized spacial score (nSPS) is 12.1. The Kier molecular flexibility index (Phi) is 11.5. The number of amides is 2. The molecule has 1 N–H and O–H groups in total. The maximum atomic E-state index is 14.1. The fraction of sp³-hybridized carbons (Fsp3) is 0.333. The lowest BCUT2D eigenvalue weighted by Gasteiger charge is -2.33. The second-order valence-electron chi connectivity index (χ2n) is 9.84. The van der Waals surface area contributed by atoms with Crippen molar-refractivity contribution in [3.05, 3.63) is 88.4 Å². The summed E-state index contributed by atoms with van der Waals surface area (Å²) in [6.07, 6.45) is 0.300. The molecule has 0 bridgehead atoms. The number of benzene rings is 3. The van der Waals surface area contributed by atoms with Gasteiger partial charge in [0.05, 0.1) is 17.7 Å². The van der Waals surface area contributed by atoms with E-state index in [1.165, 1.54) is 24.1 Å². The summed E-state index contributed by atoms with van der Waals surface area (Å²) in [4.78, 5) is 28.8. The number of nitrogens with one attached hydrogen (secondary N) is 1. The third kappa shape index (κ3) is 8.38. The molecule has 0 fully saturated rings. The summed E-state index contributed by atoms with van der Waals surface area (Å²) in [5, 5.41) is 3.66. The summed E-state index contributed by atoms with van der Waals surface area (Å²) in [5.41, 5.74) is 0.839. The van der Waals surface area contributed by atoms with Crippen molar-refractivity contribution in [2.75, 3.05) is 24.5 Å². The average Bonchev–Trinajstić information content (AvgIpc) is 2.96. The zero-order valence-corrected chi connectivity index (χ0v) is 25.8. The molecule has 0 aromatic heterocycles. The molecule has 2 amide bonds. The van der Waals surface area contributed by atoms with Gasteiger partial charge in [-0.2, -0.15) is 0 Å². The first-order valence-electron chi connectivity index (χ1n) is 13.2. The van der Waals surface area contributed by atoms with Crippen molar-refractivity contribution in [1.82, 2.24) is 10.2 Å². The molecular formula is C30H35Cl2N3O5S. The van der Waals surface area contributed by atoms with Crippen LogP contribution in [0.25, 0.3) is 0 Å². The van der Waals surface area contributed by atoms with Gasteiger partial charge < -0.3 is 15.0 Å². The van der Waals surface area contributed by atoms with Gasteiger partial charge in [0, 0.05) is 23.1 Å². The third-order valence-electron chi connectivity index (χ3n) is 6.40. The molecule has 0 aliphatic carbocycles. The largest absolute Gasteiger partial charge is 0.497 e. The second kappa shape index (κ2) is 14.6. The van der Waals surface area contributed by atoms with Gasteiger partial charge in [-0.3, -0.25) is 13.9 Å². The number of methoxy groups -OCH3 is 1. The molecule has 41 heavy (non-hydrogen) atoms. The fourth-order valence-corrected chi connectivity index (χ4v) is 6.08. The quantitative estimate of drug-likeness (QED) is 0.262. The molecule has 0 spiro atoms. The van der Waals surface area contributed by atoms with Crippen molar-refractivity contribution in [1.29, 1.82) is 0 Å². The fourth-order valence-electron chi connectivity index (χ4n) is 4.17. The summed E-state index contributed by atoms with van der Waals surface area (Å²) < 4.78 is 34.0. The number of carbonyl (C=O) groups excluding carboxylic acids is 2. The lowest BCUT2D eigenvalue weighted by molar-refractivity contribution is -0.140. The molecule has 0 radical (unpaired) electrons. The maximum absolute atomic E-state index is 14.1. The third-order valence-corrected chi connectivity index (χ3v) is 8.77. The molecular weight excluding hydrogens is 585 g/mol. The first kappa shape index (κ1) is 32.2. The Morgan fingerprint density at radius 3 is 2.20 bits per heavy atom. The highest BCUT2D eigenvalue weighted by Gasteiger charge is 2.34. The number of halogens is 2. The van der Waals surface area contributed by atoms with E-state index in [9.17, 15) is 18.0 Å². The van der Waals surface area contributed by atoms with Crippen molar-refractivity contribution in [2.45, 2.75) is 44.7 Å². The van der Waals surface area contributed by atoms with Crippen LogP contribution < -0.4 is 14.4 Å². The van der Waals surface area contributed by atoms with E-state index in [2.05, 4.69) is 5.32 Å². The monoisotopic (exact) mass is 619 g/mol. The number of sulfonamides is 1. The molecule has 3 rings (SSSR count). The van der Waals surface area contributed by atoms with Crippen molar-refractivity contribution >= 4 is 50.7 Å². The molecule has 0 aliphatic rings. The highest BCUT2D eigenvalue weighted by molar-refractivity contribution is 7.92. The number of anilines is 1. The molecule has 1 atom stereocenters. The summed E-state index contributed by atoms with van der Waals surface area (Å²) in [7, 11) is -2.66. The van der Waals surface area contributed by atoms with Gasteiger partial charge in [-0.1, -0.05) is 68.2 Å². The summed E-state index contributed by atoms with van der Waals surface area (Å²) in [6.45, 7) is 5.59. The van der Waals surface area contributed by atoms with Gasteiger partial charge in [-0.25, -0.2) is 8.42 Å². The Morgan fingerprint density at radius 2 is 1.63 bits per heavy atom. The Hall–Kier alpha value is -3.27. The Balaban J connectivity index is 2.06. The van der Waals surface area contributed by atoms with Crippen molar-refractivity contribution in [3.63, 3.8) is 0 Å². The van der Waals surface area contributed by atoms with Gasteiger partial charge in [-0.05, 0) is 66.4 Å². The topological polar surface area (TPSA) is 96.0 Å². The van der Waals surface area contributed by atoms with E-state index in [0.717, 1.165) is 4.31 Å². The number of hydrogen-bond donors (Lipinski definition) is 1. The van der Waals surface area contributed by atoms with E-state index in [-0.39, 0.29) is 29.0 Å². The molecule has 0 saturated carbocycles. The molecule has 3 aromatic rings. The smallest absolute Gasteiger partial charge is 0.264 e. The minimum Gasteiger partial charge on any atom is -0.497 e. The second-order valence-corrected chi connectivity index (χ2v) is 12.5. The van der Waals surface area contributed by atoms with Crippen LogP contribution in [0.5, 0.6) is 5.75 Å². The van der Waals surface area contributed by atoms with Crippen LogP contribution in [0.2, 0.25) is 10.0 Å². The predicted octanol–water partition coefficient (Wildman–Crippen LogP) is 5.78. The van der Waals surface area contributed by atoms with E-state index in [1.54, 1.807) is 67.6 Å². The van der Waals surface area contributed by atoms with E-state index >= 15 is 0 Å². The average molecular weight is 621 g/mol. The number of nitrogens with zero attached hydrogens (tertiary/aromatic N) is 2. The molecule has 220 valence electrons. The summed E-state index contributed by atoms with van der Waals surface area (Å²) in [6, 6.07) is 18.3. The number of ether oxygens (including phenoxy) is 1. The van der Waals surface area contributed by atoms with Gasteiger partial charge in [0.15, 0.2) is 0 Å². The summed E-state index contributed by atoms with van der Waals surface area (Å²) >= 11 is 12.5. The zero-order valence-electron chi connectivity index (χ0n) is 23.5. The van der Waals surface area contributed by atoms with Crippen molar-refractivity contribution in [2.24, 2.45) is 5.92 Å². The maximum Gasteiger partial charge on any atom is 0.264 e. The van der Waals surface area contributed by atoms with Crippen LogP contribution in [0.1, 0.15) is 32.8 Å². The van der Waals surface area contributed by atoms with Gasteiger partial charge in [-0.15, -0.1) is 0 Å². The Bertz CT molecular complexity index is 1430. The van der Waals surface area contributed by atoms with Gasteiger partial charge in [0.2, 0.25) is 11.8 Å². The molecule has 0 saturated heterocycles. The van der Waals surface area contributed by atoms with Crippen LogP contribution in [-0.4, -0.2) is 51.4 Å². The van der Waals surface area contributed by atoms with E-state index in [4.69, 9.17) is 27.9 Å². The van der Waals surface area contributed by atoms with Crippen LogP contribution in [0.15, 0.2) is 77.7 Å². The number of rotatable bonds is 13. The van der Waals surface area contributed by atoms with Crippen LogP contribution in [0.4, 0.5) is 5.69 Å². The molecule has 0 heterocycles. The first-order valence-corrected chi connectivity index (χ1v) is 15.4. The Morgan fingerprint density at radius 1 is 0.976 bits per heavy atom. The molecule has 0 aliphatic heterocycles. The van der Waals surface area contributed by atoms with Gasteiger partial charge >= 0.3 is 0 Å². The van der Waals surface area contributed by atoms with E-state index in [0.29, 0.717) is 34.3 Å². The van der Waals surface area contributed by atoms with E-state index < -0.39 is 28.5 Å². The van der Waals surface area contributed by atoms with Crippen molar-refractivity contribution in [3.8, 4) is 5.75 Å². The van der Waals surface area contributed by atoms with Gasteiger partial charge in [0.25, 0.3) is 10.0 Å². The predicted molar refractivity (Wildman–Crippen MR) is 163 cm³/mol.